The Morgan fingerprint density at radius 3 is 0.921 bits per heavy atom. The summed E-state index contributed by atoms with van der Waals surface area (Å²) in [7, 11) is 0. The molecule has 0 heterocycles. The van der Waals surface area contributed by atoms with Crippen molar-refractivity contribution in [1.29, 1.82) is 0 Å². The van der Waals surface area contributed by atoms with Gasteiger partial charge in [-0.1, -0.05) is 77.2 Å². The summed E-state index contributed by atoms with van der Waals surface area (Å²) < 4.78 is 43.6. The molecule has 8 heteroatoms. The van der Waals surface area contributed by atoms with Gasteiger partial charge in [-0.2, -0.15) is 0 Å². The molecule has 0 atom stereocenters. The van der Waals surface area contributed by atoms with Gasteiger partial charge in [0.2, 0.25) is 0 Å². The first-order valence-electron chi connectivity index (χ1n) is 15.1. The molecule has 0 aromatic rings. The van der Waals surface area contributed by atoms with Crippen molar-refractivity contribution in [1.82, 2.24) is 0 Å². The van der Waals surface area contributed by atoms with Crippen LogP contribution in [0.4, 0.5) is 0 Å². The lowest BCUT2D eigenvalue weighted by Gasteiger charge is -2.08. The largest absolute Gasteiger partial charge is 0.379 e. The van der Waals surface area contributed by atoms with E-state index in [1.54, 1.807) is 6.08 Å². The molecule has 8 nitrogen and oxygen atoms in total. The highest BCUT2D eigenvalue weighted by molar-refractivity contribution is 4.63. The van der Waals surface area contributed by atoms with E-state index in [9.17, 15) is 0 Å². The van der Waals surface area contributed by atoms with Gasteiger partial charge in [0.1, 0.15) is 0 Å². The zero-order valence-corrected chi connectivity index (χ0v) is 24.6. The standard InChI is InChI=1S/C30H60O8/c1-3-5-6-7-8-9-10-11-12-13-14-16-32-18-20-34-22-24-36-26-28-38-30-29-37-27-25-35-23-21-33-19-17-31-15-4-2/h4H,2-3,5-30H2,1H3. The van der Waals surface area contributed by atoms with Crippen molar-refractivity contribution in [2.75, 3.05) is 106 Å². The predicted molar refractivity (Wildman–Crippen MR) is 153 cm³/mol. The number of ether oxygens (including phenoxy) is 8. The summed E-state index contributed by atoms with van der Waals surface area (Å²) in [6.45, 7) is 15.2. The van der Waals surface area contributed by atoms with Crippen molar-refractivity contribution in [2.45, 2.75) is 77.6 Å². The Kier molecular flexibility index (Phi) is 35.9. The minimum absolute atomic E-state index is 0.544. The number of hydrogen-bond donors (Lipinski definition) is 0. The third-order valence-electron chi connectivity index (χ3n) is 5.73. The molecule has 0 N–H and O–H groups in total. The van der Waals surface area contributed by atoms with Crippen molar-refractivity contribution in [3.8, 4) is 0 Å². The first-order valence-corrected chi connectivity index (χ1v) is 15.1. The van der Waals surface area contributed by atoms with Crippen molar-refractivity contribution < 1.29 is 37.9 Å². The zero-order chi connectivity index (χ0) is 27.5. The van der Waals surface area contributed by atoms with Crippen LogP contribution in [0.1, 0.15) is 77.6 Å². The van der Waals surface area contributed by atoms with Crippen LogP contribution >= 0.6 is 0 Å². The fourth-order valence-corrected chi connectivity index (χ4v) is 3.57. The lowest BCUT2D eigenvalue weighted by Crippen LogP contribution is -2.15. The summed E-state index contributed by atoms with van der Waals surface area (Å²) in [5, 5.41) is 0. The molecular weight excluding hydrogens is 488 g/mol. The second-order valence-electron chi connectivity index (χ2n) is 9.19. The summed E-state index contributed by atoms with van der Waals surface area (Å²) in [6, 6.07) is 0. The fourth-order valence-electron chi connectivity index (χ4n) is 3.57. The first-order chi connectivity index (χ1) is 18.9. The lowest BCUT2D eigenvalue weighted by molar-refractivity contribution is -0.0226. The summed E-state index contributed by atoms with van der Waals surface area (Å²) in [6.07, 6.45) is 16.6. The molecule has 0 bridgehead atoms. The molecule has 0 aromatic heterocycles. The highest BCUT2D eigenvalue weighted by Gasteiger charge is 1.96. The maximum absolute atomic E-state index is 5.64. The molecule has 0 spiro atoms. The van der Waals surface area contributed by atoms with Gasteiger partial charge in [0, 0.05) is 6.61 Å². The van der Waals surface area contributed by atoms with Crippen LogP contribution in [0.2, 0.25) is 0 Å². The number of unbranched alkanes of at least 4 members (excludes halogenated alkanes) is 10. The van der Waals surface area contributed by atoms with Gasteiger partial charge in [0.05, 0.1) is 99.1 Å². The van der Waals surface area contributed by atoms with E-state index in [2.05, 4.69) is 13.5 Å². The van der Waals surface area contributed by atoms with E-state index in [-0.39, 0.29) is 0 Å². The van der Waals surface area contributed by atoms with Crippen LogP contribution < -0.4 is 0 Å². The van der Waals surface area contributed by atoms with E-state index in [1.807, 2.05) is 0 Å². The topological polar surface area (TPSA) is 73.8 Å². The Morgan fingerprint density at radius 1 is 0.342 bits per heavy atom. The molecule has 38 heavy (non-hydrogen) atoms. The van der Waals surface area contributed by atoms with Crippen molar-refractivity contribution in [3.05, 3.63) is 12.7 Å². The van der Waals surface area contributed by atoms with E-state index < -0.39 is 0 Å². The van der Waals surface area contributed by atoms with Gasteiger partial charge in [0.25, 0.3) is 0 Å². The van der Waals surface area contributed by atoms with Gasteiger partial charge >= 0.3 is 0 Å². The third-order valence-corrected chi connectivity index (χ3v) is 5.73. The summed E-state index contributed by atoms with van der Waals surface area (Å²) in [5.41, 5.74) is 0. The van der Waals surface area contributed by atoms with Gasteiger partial charge in [-0.25, -0.2) is 0 Å². The van der Waals surface area contributed by atoms with Gasteiger partial charge in [-0.15, -0.1) is 6.58 Å². The normalized spacial score (nSPS) is 11.4. The highest BCUT2D eigenvalue weighted by Crippen LogP contribution is 2.11. The molecule has 0 rings (SSSR count). The molecule has 0 radical (unpaired) electrons. The Labute approximate surface area is 234 Å². The van der Waals surface area contributed by atoms with Crippen LogP contribution in [0, 0.1) is 0 Å². The summed E-state index contributed by atoms with van der Waals surface area (Å²) in [5.74, 6) is 0. The summed E-state index contributed by atoms with van der Waals surface area (Å²) >= 11 is 0. The van der Waals surface area contributed by atoms with Gasteiger partial charge in [-0.3, -0.25) is 0 Å². The maximum atomic E-state index is 5.64. The van der Waals surface area contributed by atoms with Crippen LogP contribution in [0.5, 0.6) is 0 Å². The molecule has 228 valence electrons. The smallest absolute Gasteiger partial charge is 0.0704 e. The molecule has 0 aliphatic rings. The molecule has 0 aliphatic carbocycles. The van der Waals surface area contributed by atoms with Gasteiger partial charge < -0.3 is 37.9 Å². The fraction of sp³-hybridized carbons (Fsp3) is 0.933. The van der Waals surface area contributed by atoms with Crippen molar-refractivity contribution >= 4 is 0 Å². The predicted octanol–water partition coefficient (Wildman–Crippen LogP) is 5.62. The Bertz CT molecular complexity index is 425. The Morgan fingerprint density at radius 2 is 0.605 bits per heavy atom. The second kappa shape index (κ2) is 36.4. The molecule has 0 saturated heterocycles. The first kappa shape index (κ1) is 37.4. The molecule has 0 aromatic carbocycles. The van der Waals surface area contributed by atoms with Crippen LogP contribution in [0.3, 0.4) is 0 Å². The average molecular weight is 549 g/mol. The molecule has 0 unspecified atom stereocenters. The van der Waals surface area contributed by atoms with E-state index >= 15 is 0 Å². The minimum atomic E-state index is 0.544. The maximum Gasteiger partial charge on any atom is 0.0704 e. The molecule has 0 aliphatic heterocycles. The van der Waals surface area contributed by atoms with E-state index in [0.29, 0.717) is 99.1 Å². The number of hydrogen-bond acceptors (Lipinski definition) is 8. The SMILES string of the molecule is C=CCOCCOCCOCCOCCOCCOCCOCCOCCCCCCCCCCCCC. The Balaban J connectivity index is 3.01. The van der Waals surface area contributed by atoms with E-state index in [4.69, 9.17) is 37.9 Å². The average Bonchev–Trinajstić information content (AvgIpc) is 2.93. The monoisotopic (exact) mass is 548 g/mol. The van der Waals surface area contributed by atoms with Crippen LogP contribution in [-0.4, -0.2) is 106 Å². The van der Waals surface area contributed by atoms with Crippen LogP contribution in [0.15, 0.2) is 12.7 Å². The molecule has 0 fully saturated rings. The van der Waals surface area contributed by atoms with Gasteiger partial charge in [0.15, 0.2) is 0 Å². The zero-order valence-electron chi connectivity index (χ0n) is 24.6. The third kappa shape index (κ3) is 35.4. The van der Waals surface area contributed by atoms with E-state index in [0.717, 1.165) is 13.0 Å². The van der Waals surface area contributed by atoms with E-state index in [1.165, 1.54) is 64.2 Å². The summed E-state index contributed by atoms with van der Waals surface area (Å²) in [4.78, 5) is 0. The van der Waals surface area contributed by atoms with Crippen LogP contribution in [0.25, 0.3) is 0 Å². The number of rotatable bonds is 35. The lowest BCUT2D eigenvalue weighted by atomic mass is 10.1. The van der Waals surface area contributed by atoms with Crippen LogP contribution in [-0.2, 0) is 37.9 Å². The highest BCUT2D eigenvalue weighted by atomic mass is 16.6. The minimum Gasteiger partial charge on any atom is -0.379 e. The van der Waals surface area contributed by atoms with Crippen molar-refractivity contribution in [3.63, 3.8) is 0 Å². The quantitative estimate of drug-likeness (QED) is 0.0747. The Hall–Kier alpha value is -0.580. The van der Waals surface area contributed by atoms with Gasteiger partial charge in [-0.05, 0) is 6.42 Å². The molecular formula is C30H60O8. The van der Waals surface area contributed by atoms with Crippen molar-refractivity contribution in [2.24, 2.45) is 0 Å². The molecule has 0 saturated carbocycles. The second-order valence-corrected chi connectivity index (χ2v) is 9.19. The molecule has 0 amide bonds.